The van der Waals surface area contributed by atoms with Crippen LogP contribution in [0.2, 0.25) is 5.02 Å². The van der Waals surface area contributed by atoms with Gasteiger partial charge in [-0.15, -0.1) is 5.10 Å². The van der Waals surface area contributed by atoms with Crippen LogP contribution in [-0.2, 0) is 16.0 Å². The number of aromatic nitrogens is 2. The van der Waals surface area contributed by atoms with Gasteiger partial charge in [0.15, 0.2) is 0 Å². The second-order valence-corrected chi connectivity index (χ2v) is 5.53. The topological polar surface area (TPSA) is 114 Å². The summed E-state index contributed by atoms with van der Waals surface area (Å²) in [5.41, 5.74) is 7.80. The molecule has 2 aromatic rings. The van der Waals surface area contributed by atoms with Gasteiger partial charge in [0.25, 0.3) is 0 Å². The van der Waals surface area contributed by atoms with Gasteiger partial charge in [0, 0.05) is 5.02 Å². The van der Waals surface area contributed by atoms with Gasteiger partial charge in [-0.1, -0.05) is 29.8 Å². The molecule has 1 aliphatic heterocycles. The van der Waals surface area contributed by atoms with Gasteiger partial charge in [-0.25, -0.2) is 0 Å². The van der Waals surface area contributed by atoms with E-state index < -0.39 is 11.9 Å². The first-order valence-electron chi connectivity index (χ1n) is 7.02. The molecule has 2 heterocycles. The Morgan fingerprint density at radius 2 is 2.29 bits per heavy atom. The van der Waals surface area contributed by atoms with Crippen LogP contribution in [0.1, 0.15) is 22.7 Å². The molecule has 1 atom stereocenters. The first-order valence-corrected chi connectivity index (χ1v) is 7.40. The van der Waals surface area contributed by atoms with Gasteiger partial charge in [-0.2, -0.15) is 5.26 Å². The van der Waals surface area contributed by atoms with E-state index >= 15 is 0 Å². The van der Waals surface area contributed by atoms with E-state index in [9.17, 15) is 10.1 Å². The second kappa shape index (κ2) is 6.26. The monoisotopic (exact) mass is 344 g/mol. The van der Waals surface area contributed by atoms with Crippen molar-refractivity contribution in [2.45, 2.75) is 12.3 Å². The largest absolute Gasteiger partial charge is 0.469 e. The number of fused-ring (bicyclic) bond motifs is 1. The minimum atomic E-state index is -0.578. The number of nitrogens with zero attached hydrogens (tertiary/aromatic N) is 2. The number of hydrogen-bond acceptors (Lipinski definition) is 6. The number of methoxy groups -OCH3 is 1. The van der Waals surface area contributed by atoms with Gasteiger partial charge in [0.1, 0.15) is 11.6 Å². The zero-order valence-corrected chi connectivity index (χ0v) is 13.4. The predicted molar refractivity (Wildman–Crippen MR) is 85.1 cm³/mol. The molecule has 8 heteroatoms. The van der Waals surface area contributed by atoms with Crippen LogP contribution >= 0.6 is 11.6 Å². The van der Waals surface area contributed by atoms with Crippen LogP contribution in [-0.4, -0.2) is 23.3 Å². The molecular weight excluding hydrogens is 332 g/mol. The molecule has 0 radical (unpaired) electrons. The molecule has 122 valence electrons. The summed E-state index contributed by atoms with van der Waals surface area (Å²) in [5, 5.41) is 16.8. The molecule has 1 aromatic carbocycles. The summed E-state index contributed by atoms with van der Waals surface area (Å²) >= 11 is 6.31. The van der Waals surface area contributed by atoms with Crippen LogP contribution in [0.15, 0.2) is 35.7 Å². The molecule has 0 bridgehead atoms. The number of nitrogens with one attached hydrogen (secondary N) is 1. The summed E-state index contributed by atoms with van der Waals surface area (Å²) in [7, 11) is 1.30. The van der Waals surface area contributed by atoms with E-state index in [1.807, 2.05) is 6.07 Å². The first-order chi connectivity index (χ1) is 11.6. The standard InChI is InChI=1S/C16H13ClN4O3/c1-23-12(22)6-11-14-13(8-4-2-3-5-10(8)17)9(7-18)15(19)24-16(14)21-20-11/h2-5,13H,6,19H2,1H3,(H,20,21)/t13-/m1/s1. The number of carbonyl (C=O) groups is 1. The van der Waals surface area contributed by atoms with Crippen LogP contribution in [0.5, 0.6) is 5.88 Å². The van der Waals surface area contributed by atoms with Crippen LogP contribution in [0, 0.1) is 11.3 Å². The van der Waals surface area contributed by atoms with Gasteiger partial charge in [0.05, 0.1) is 30.7 Å². The smallest absolute Gasteiger partial charge is 0.311 e. The number of hydrogen-bond donors (Lipinski definition) is 2. The van der Waals surface area contributed by atoms with Gasteiger partial charge in [-0.3, -0.25) is 9.89 Å². The highest BCUT2D eigenvalue weighted by molar-refractivity contribution is 6.31. The highest BCUT2D eigenvalue weighted by Crippen LogP contribution is 2.44. The lowest BCUT2D eigenvalue weighted by atomic mass is 9.83. The Hall–Kier alpha value is -2.98. The molecule has 24 heavy (non-hydrogen) atoms. The third kappa shape index (κ3) is 2.57. The molecule has 0 saturated carbocycles. The molecular formula is C16H13ClN4O3. The summed E-state index contributed by atoms with van der Waals surface area (Å²) in [5.74, 6) is -0.840. The molecule has 0 aliphatic carbocycles. The van der Waals surface area contributed by atoms with Crippen LogP contribution in [0.25, 0.3) is 0 Å². The normalized spacial score (nSPS) is 16.1. The SMILES string of the molecule is COC(=O)Cc1[nH]nc2c1[C@H](c1ccccc1Cl)C(C#N)=C(N)O2. The number of H-pyrrole nitrogens is 1. The molecule has 3 rings (SSSR count). The van der Waals surface area contributed by atoms with Crippen molar-refractivity contribution in [1.82, 2.24) is 10.2 Å². The van der Waals surface area contributed by atoms with E-state index in [1.165, 1.54) is 7.11 Å². The van der Waals surface area contributed by atoms with Crippen LogP contribution in [0.3, 0.4) is 0 Å². The van der Waals surface area contributed by atoms with E-state index in [2.05, 4.69) is 16.3 Å². The fourth-order valence-corrected chi connectivity index (χ4v) is 2.92. The predicted octanol–water partition coefficient (Wildman–Crippen LogP) is 2.00. The lowest BCUT2D eigenvalue weighted by Crippen LogP contribution is -2.22. The Labute approximate surface area is 142 Å². The van der Waals surface area contributed by atoms with E-state index in [-0.39, 0.29) is 23.8 Å². The fourth-order valence-electron chi connectivity index (χ4n) is 2.68. The summed E-state index contributed by atoms with van der Waals surface area (Å²) in [6.07, 6.45) is -0.0399. The summed E-state index contributed by atoms with van der Waals surface area (Å²) in [6.45, 7) is 0. The molecule has 7 nitrogen and oxygen atoms in total. The van der Waals surface area contributed by atoms with Crippen LogP contribution in [0.4, 0.5) is 0 Å². The van der Waals surface area contributed by atoms with Crippen molar-refractivity contribution in [2.75, 3.05) is 7.11 Å². The number of nitriles is 1. The number of carbonyl (C=O) groups excluding carboxylic acids is 1. The number of allylic oxidation sites excluding steroid dienone is 1. The van der Waals surface area contributed by atoms with Crippen molar-refractivity contribution in [1.29, 1.82) is 5.26 Å². The Kier molecular flexibility index (Phi) is 4.15. The minimum Gasteiger partial charge on any atom is -0.469 e. The Bertz CT molecular complexity index is 882. The maximum Gasteiger partial charge on any atom is 0.311 e. The molecule has 0 spiro atoms. The first kappa shape index (κ1) is 15.9. The number of ether oxygens (including phenoxy) is 2. The lowest BCUT2D eigenvalue weighted by Gasteiger charge is -2.24. The number of aromatic amines is 1. The van der Waals surface area contributed by atoms with Gasteiger partial charge in [0.2, 0.25) is 11.8 Å². The maximum absolute atomic E-state index is 11.7. The molecule has 0 amide bonds. The van der Waals surface area contributed by atoms with E-state index in [0.717, 1.165) is 0 Å². The van der Waals surface area contributed by atoms with Gasteiger partial charge >= 0.3 is 5.97 Å². The van der Waals surface area contributed by atoms with Crippen molar-refractivity contribution < 1.29 is 14.3 Å². The molecule has 0 unspecified atom stereocenters. The van der Waals surface area contributed by atoms with Gasteiger partial charge < -0.3 is 15.2 Å². The Morgan fingerprint density at radius 1 is 1.54 bits per heavy atom. The number of halogens is 1. The zero-order valence-electron chi connectivity index (χ0n) is 12.7. The van der Waals surface area contributed by atoms with Crippen molar-refractivity contribution in [3.8, 4) is 11.9 Å². The minimum absolute atomic E-state index is 0.0361. The average Bonchev–Trinajstić information content (AvgIpc) is 2.96. The highest BCUT2D eigenvalue weighted by atomic mass is 35.5. The van der Waals surface area contributed by atoms with Crippen molar-refractivity contribution >= 4 is 17.6 Å². The zero-order chi connectivity index (χ0) is 17.3. The van der Waals surface area contributed by atoms with Crippen molar-refractivity contribution in [3.05, 3.63) is 57.6 Å². The molecule has 0 fully saturated rings. The van der Waals surface area contributed by atoms with E-state index in [0.29, 0.717) is 21.8 Å². The molecule has 1 aromatic heterocycles. The molecule has 0 saturated heterocycles. The lowest BCUT2D eigenvalue weighted by molar-refractivity contribution is -0.139. The van der Waals surface area contributed by atoms with Crippen molar-refractivity contribution in [2.24, 2.45) is 5.73 Å². The summed E-state index contributed by atoms with van der Waals surface area (Å²) in [4.78, 5) is 11.7. The number of rotatable bonds is 3. The fraction of sp³-hybridized carbons (Fsp3) is 0.188. The number of nitrogens with two attached hydrogens (primary N) is 1. The average molecular weight is 345 g/mol. The highest BCUT2D eigenvalue weighted by Gasteiger charge is 2.36. The molecule has 1 aliphatic rings. The van der Waals surface area contributed by atoms with E-state index in [4.69, 9.17) is 26.8 Å². The molecule has 3 N–H and O–H groups in total. The number of benzene rings is 1. The summed E-state index contributed by atoms with van der Waals surface area (Å²) in [6, 6.07) is 9.18. The van der Waals surface area contributed by atoms with E-state index in [1.54, 1.807) is 18.2 Å². The number of esters is 1. The van der Waals surface area contributed by atoms with Crippen molar-refractivity contribution in [3.63, 3.8) is 0 Å². The Morgan fingerprint density at radius 3 is 2.96 bits per heavy atom. The third-order valence-corrected chi connectivity index (χ3v) is 4.13. The van der Waals surface area contributed by atoms with Gasteiger partial charge in [-0.05, 0) is 11.6 Å². The Balaban J connectivity index is 2.20. The second-order valence-electron chi connectivity index (χ2n) is 5.12. The maximum atomic E-state index is 11.7. The third-order valence-electron chi connectivity index (χ3n) is 3.78. The quantitative estimate of drug-likeness (QED) is 0.823. The van der Waals surface area contributed by atoms with Crippen LogP contribution < -0.4 is 10.5 Å². The summed E-state index contributed by atoms with van der Waals surface area (Å²) < 4.78 is 10.1.